The molecule has 1 fully saturated rings. The monoisotopic (exact) mass is 143 g/mol. The van der Waals surface area contributed by atoms with Gasteiger partial charge < -0.3 is 5.32 Å². The molecule has 0 aromatic carbocycles. The van der Waals surface area contributed by atoms with Crippen molar-refractivity contribution < 1.29 is 4.79 Å². The molecule has 0 aliphatic carbocycles. The van der Waals surface area contributed by atoms with Crippen LogP contribution >= 0.6 is 0 Å². The van der Waals surface area contributed by atoms with Crippen LogP contribution in [0.25, 0.3) is 0 Å². The van der Waals surface area contributed by atoms with Gasteiger partial charge in [0.15, 0.2) is 0 Å². The Hall–Kier alpha value is -0.530. The summed E-state index contributed by atoms with van der Waals surface area (Å²) in [6, 6.07) is 0. The van der Waals surface area contributed by atoms with Crippen molar-refractivity contribution in [3.05, 3.63) is 0 Å². The van der Waals surface area contributed by atoms with Gasteiger partial charge in [-0.25, -0.2) is 0 Å². The quantitative estimate of drug-likeness (QED) is 0.547. The van der Waals surface area contributed by atoms with Crippen molar-refractivity contribution in [1.82, 2.24) is 5.32 Å². The second-order valence-electron chi connectivity index (χ2n) is 3.19. The molecule has 1 rings (SSSR count). The average Bonchev–Trinajstić information content (AvgIpc) is 2.15. The normalized spacial score (nSPS) is 16.2. The molecule has 10 heavy (non-hydrogen) atoms. The van der Waals surface area contributed by atoms with E-state index in [1.807, 2.05) is 0 Å². The predicted octanol–water partition coefficient (Wildman–Crippen LogP) is 1.56. The Balaban J connectivity index is 0.000000180. The fourth-order valence-corrected chi connectivity index (χ4v) is 0.565. The molecule has 0 aromatic rings. The first-order chi connectivity index (χ1) is 4.63. The van der Waals surface area contributed by atoms with Crippen LogP contribution in [-0.4, -0.2) is 12.5 Å². The molecule has 1 heterocycles. The highest BCUT2D eigenvalue weighted by molar-refractivity contribution is 5.77. The molecule has 0 aromatic heterocycles. The maximum Gasteiger partial charge on any atom is 0.220 e. The minimum atomic E-state index is 0.204. The zero-order valence-corrected chi connectivity index (χ0v) is 7.11. The molecule has 1 saturated heterocycles. The van der Waals surface area contributed by atoms with Gasteiger partial charge in [0.2, 0.25) is 5.91 Å². The van der Waals surface area contributed by atoms with E-state index < -0.39 is 0 Å². The minimum absolute atomic E-state index is 0.204. The smallest absolute Gasteiger partial charge is 0.220 e. The third-order valence-electron chi connectivity index (χ3n) is 0.903. The van der Waals surface area contributed by atoms with Crippen LogP contribution in [0.5, 0.6) is 0 Å². The van der Waals surface area contributed by atoms with Gasteiger partial charge in [0, 0.05) is 13.0 Å². The van der Waals surface area contributed by atoms with E-state index >= 15 is 0 Å². The Morgan fingerprint density at radius 2 is 1.90 bits per heavy atom. The highest BCUT2D eigenvalue weighted by Gasteiger charge is 2.05. The Bertz CT molecular complexity index is 88.7. The summed E-state index contributed by atoms with van der Waals surface area (Å²) < 4.78 is 0. The minimum Gasteiger partial charge on any atom is -0.356 e. The van der Waals surface area contributed by atoms with Crippen LogP contribution in [0.4, 0.5) is 0 Å². The van der Waals surface area contributed by atoms with E-state index in [4.69, 9.17) is 0 Å². The summed E-state index contributed by atoms with van der Waals surface area (Å²) in [6.45, 7) is 7.39. The van der Waals surface area contributed by atoms with E-state index in [-0.39, 0.29) is 5.91 Å². The van der Waals surface area contributed by atoms with Gasteiger partial charge in [-0.15, -0.1) is 0 Å². The van der Waals surface area contributed by atoms with Crippen molar-refractivity contribution >= 4 is 5.91 Å². The molecular formula is C8H17NO. The fraction of sp³-hybridized carbons (Fsp3) is 0.875. The lowest BCUT2D eigenvalue weighted by atomic mass is 10.3. The standard InChI is InChI=1S/C4H7NO.C4H10/c6-4-2-1-3-5-4;1-4(2)3/h1-3H2,(H,5,6);4H,1-3H3. The van der Waals surface area contributed by atoms with Crippen LogP contribution in [-0.2, 0) is 4.79 Å². The summed E-state index contributed by atoms with van der Waals surface area (Å²) in [5.74, 6) is 1.04. The molecule has 0 unspecified atom stereocenters. The van der Waals surface area contributed by atoms with Crippen LogP contribution in [0.15, 0.2) is 0 Å². The van der Waals surface area contributed by atoms with E-state index in [0.29, 0.717) is 0 Å². The molecule has 0 atom stereocenters. The Morgan fingerprint density at radius 1 is 1.40 bits per heavy atom. The van der Waals surface area contributed by atoms with Crippen LogP contribution in [0.3, 0.4) is 0 Å². The number of rotatable bonds is 0. The third-order valence-corrected chi connectivity index (χ3v) is 0.903. The molecule has 1 aliphatic rings. The highest BCUT2D eigenvalue weighted by Crippen LogP contribution is 1.93. The molecule has 0 saturated carbocycles. The lowest BCUT2D eigenvalue weighted by Crippen LogP contribution is -2.12. The summed E-state index contributed by atoms with van der Waals surface area (Å²) in [6.07, 6.45) is 1.76. The van der Waals surface area contributed by atoms with Crippen LogP contribution in [0.1, 0.15) is 33.6 Å². The van der Waals surface area contributed by atoms with Gasteiger partial charge in [0.25, 0.3) is 0 Å². The maximum absolute atomic E-state index is 10.1. The Kier molecular flexibility index (Phi) is 4.99. The predicted molar refractivity (Wildman–Crippen MR) is 42.8 cm³/mol. The molecule has 0 bridgehead atoms. The first-order valence-corrected chi connectivity index (χ1v) is 3.89. The van der Waals surface area contributed by atoms with Crippen LogP contribution in [0, 0.1) is 5.92 Å². The molecule has 0 radical (unpaired) electrons. The average molecular weight is 143 g/mol. The summed E-state index contributed by atoms with van der Waals surface area (Å²) in [5.41, 5.74) is 0. The lowest BCUT2D eigenvalue weighted by molar-refractivity contribution is -0.119. The van der Waals surface area contributed by atoms with Gasteiger partial charge in [0.05, 0.1) is 0 Å². The SMILES string of the molecule is CC(C)C.O=C1CCCN1. The zero-order valence-electron chi connectivity index (χ0n) is 7.11. The molecular weight excluding hydrogens is 126 g/mol. The second-order valence-corrected chi connectivity index (χ2v) is 3.19. The zero-order chi connectivity index (χ0) is 7.98. The van der Waals surface area contributed by atoms with E-state index in [2.05, 4.69) is 26.1 Å². The Labute approximate surface area is 63.0 Å². The summed E-state index contributed by atoms with van der Waals surface area (Å²) in [5, 5.41) is 2.68. The largest absolute Gasteiger partial charge is 0.356 e. The van der Waals surface area contributed by atoms with Crippen molar-refractivity contribution in [1.29, 1.82) is 0 Å². The summed E-state index contributed by atoms with van der Waals surface area (Å²) in [4.78, 5) is 10.1. The molecule has 1 amide bonds. The van der Waals surface area contributed by atoms with E-state index in [0.717, 1.165) is 25.3 Å². The van der Waals surface area contributed by atoms with Gasteiger partial charge in [-0.05, 0) is 12.3 Å². The second kappa shape index (κ2) is 5.27. The van der Waals surface area contributed by atoms with Gasteiger partial charge in [-0.1, -0.05) is 20.8 Å². The number of carbonyl (C=O) groups excluding carboxylic acids is 1. The lowest BCUT2D eigenvalue weighted by Gasteiger charge is -1.80. The number of amides is 1. The van der Waals surface area contributed by atoms with E-state index in [1.54, 1.807) is 0 Å². The summed E-state index contributed by atoms with van der Waals surface area (Å²) in [7, 11) is 0. The number of hydrogen-bond acceptors (Lipinski definition) is 1. The van der Waals surface area contributed by atoms with Crippen molar-refractivity contribution in [2.75, 3.05) is 6.54 Å². The van der Waals surface area contributed by atoms with Crippen molar-refractivity contribution in [2.45, 2.75) is 33.6 Å². The Morgan fingerprint density at radius 3 is 2.00 bits per heavy atom. The van der Waals surface area contributed by atoms with Gasteiger partial charge in [-0.2, -0.15) is 0 Å². The van der Waals surface area contributed by atoms with Crippen molar-refractivity contribution in [3.8, 4) is 0 Å². The van der Waals surface area contributed by atoms with Crippen molar-refractivity contribution in [3.63, 3.8) is 0 Å². The molecule has 1 aliphatic heterocycles. The van der Waals surface area contributed by atoms with Crippen LogP contribution < -0.4 is 5.32 Å². The molecule has 2 heteroatoms. The van der Waals surface area contributed by atoms with E-state index in [9.17, 15) is 4.79 Å². The maximum atomic E-state index is 10.1. The van der Waals surface area contributed by atoms with Gasteiger partial charge in [0.1, 0.15) is 0 Å². The number of nitrogens with one attached hydrogen (secondary N) is 1. The molecule has 0 spiro atoms. The van der Waals surface area contributed by atoms with Gasteiger partial charge in [-0.3, -0.25) is 4.79 Å². The fourth-order valence-electron chi connectivity index (χ4n) is 0.565. The number of hydrogen-bond donors (Lipinski definition) is 1. The van der Waals surface area contributed by atoms with E-state index in [1.165, 1.54) is 0 Å². The number of carbonyl (C=O) groups is 1. The first kappa shape index (κ1) is 9.47. The van der Waals surface area contributed by atoms with Crippen molar-refractivity contribution in [2.24, 2.45) is 5.92 Å². The summed E-state index contributed by atoms with van der Waals surface area (Å²) >= 11 is 0. The first-order valence-electron chi connectivity index (χ1n) is 3.89. The van der Waals surface area contributed by atoms with Gasteiger partial charge >= 0.3 is 0 Å². The molecule has 60 valence electrons. The molecule has 2 nitrogen and oxygen atoms in total. The van der Waals surface area contributed by atoms with Crippen LogP contribution in [0.2, 0.25) is 0 Å². The third kappa shape index (κ3) is 7.47. The topological polar surface area (TPSA) is 29.1 Å². The highest BCUT2D eigenvalue weighted by atomic mass is 16.1. The molecule has 1 N–H and O–H groups in total.